The molecule has 32 heavy (non-hydrogen) atoms. The third kappa shape index (κ3) is 4.13. The number of anilines is 1. The van der Waals surface area contributed by atoms with Crippen LogP contribution in [0.4, 0.5) is 19.0 Å². The first-order valence-electron chi connectivity index (χ1n) is 9.99. The van der Waals surface area contributed by atoms with Crippen molar-refractivity contribution in [3.05, 3.63) is 63.0 Å². The normalized spacial score (nSPS) is 18.2. The van der Waals surface area contributed by atoms with Gasteiger partial charge < -0.3 is 10.6 Å². The Bertz CT molecular complexity index is 1150. The van der Waals surface area contributed by atoms with Gasteiger partial charge in [0.05, 0.1) is 17.9 Å². The number of rotatable bonds is 4. The molecule has 1 amide bonds. The number of alkyl halides is 3. The summed E-state index contributed by atoms with van der Waals surface area (Å²) in [5.41, 5.74) is 3.33. The lowest BCUT2D eigenvalue weighted by Crippen LogP contribution is -2.36. The zero-order valence-corrected chi connectivity index (χ0v) is 19.3. The minimum absolute atomic E-state index is 0.0589. The van der Waals surface area contributed by atoms with Crippen LogP contribution < -0.4 is 10.6 Å². The van der Waals surface area contributed by atoms with Crippen LogP contribution >= 0.6 is 15.9 Å². The highest BCUT2D eigenvalue weighted by molar-refractivity contribution is 9.10. The molecule has 170 valence electrons. The van der Waals surface area contributed by atoms with Gasteiger partial charge in [0.25, 0.3) is 5.91 Å². The van der Waals surface area contributed by atoms with Crippen LogP contribution in [0.5, 0.6) is 0 Å². The summed E-state index contributed by atoms with van der Waals surface area (Å²) < 4.78 is 44.9. The SMILES string of the molecule is Cc1nn(C)c(C)c1CNC(=O)c1cnn2c1N[C@H](c1ccc(Br)cc1)C[C@@H]2C(F)(F)F. The second kappa shape index (κ2) is 8.27. The van der Waals surface area contributed by atoms with Crippen molar-refractivity contribution >= 4 is 27.7 Å². The summed E-state index contributed by atoms with van der Waals surface area (Å²) in [5, 5.41) is 14.1. The van der Waals surface area contributed by atoms with Gasteiger partial charge >= 0.3 is 6.18 Å². The number of hydrogen-bond donors (Lipinski definition) is 2. The molecule has 0 fully saturated rings. The first-order chi connectivity index (χ1) is 15.1. The Morgan fingerprint density at radius 1 is 1.28 bits per heavy atom. The zero-order valence-electron chi connectivity index (χ0n) is 17.7. The summed E-state index contributed by atoms with van der Waals surface area (Å²) in [5.74, 6) is -0.442. The zero-order chi connectivity index (χ0) is 23.2. The molecule has 11 heteroatoms. The number of nitrogens with one attached hydrogen (secondary N) is 2. The molecule has 2 atom stereocenters. The number of carbonyl (C=O) groups is 1. The van der Waals surface area contributed by atoms with Gasteiger partial charge in [0, 0.05) is 35.7 Å². The van der Waals surface area contributed by atoms with Crippen molar-refractivity contribution in [2.24, 2.45) is 7.05 Å². The molecule has 1 aromatic carbocycles. The quantitative estimate of drug-likeness (QED) is 0.538. The molecule has 0 radical (unpaired) electrons. The van der Waals surface area contributed by atoms with Crippen molar-refractivity contribution in [3.8, 4) is 0 Å². The first kappa shape index (κ1) is 22.4. The Labute approximate surface area is 191 Å². The van der Waals surface area contributed by atoms with Gasteiger partial charge in [-0.2, -0.15) is 23.4 Å². The minimum atomic E-state index is -4.51. The van der Waals surface area contributed by atoms with Gasteiger partial charge in [0.1, 0.15) is 11.4 Å². The number of nitrogens with zero attached hydrogens (tertiary/aromatic N) is 4. The number of hydrogen-bond acceptors (Lipinski definition) is 4. The summed E-state index contributed by atoms with van der Waals surface area (Å²) in [6.45, 7) is 3.95. The van der Waals surface area contributed by atoms with Crippen molar-refractivity contribution < 1.29 is 18.0 Å². The predicted molar refractivity (Wildman–Crippen MR) is 116 cm³/mol. The molecule has 0 spiro atoms. The van der Waals surface area contributed by atoms with Gasteiger partial charge in [-0.1, -0.05) is 28.1 Å². The van der Waals surface area contributed by atoms with Gasteiger partial charge in [0.2, 0.25) is 0 Å². The minimum Gasteiger partial charge on any atom is -0.363 e. The molecule has 3 heterocycles. The summed E-state index contributed by atoms with van der Waals surface area (Å²) >= 11 is 3.34. The molecule has 2 N–H and O–H groups in total. The highest BCUT2D eigenvalue weighted by atomic mass is 79.9. The van der Waals surface area contributed by atoms with Crippen LogP contribution in [0.3, 0.4) is 0 Å². The van der Waals surface area contributed by atoms with Gasteiger partial charge in [-0.15, -0.1) is 0 Å². The summed E-state index contributed by atoms with van der Waals surface area (Å²) in [6, 6.07) is 4.62. The third-order valence-corrected chi connectivity index (χ3v) is 6.37. The van der Waals surface area contributed by atoms with E-state index in [0.29, 0.717) is 5.56 Å². The maximum absolute atomic E-state index is 13.8. The van der Waals surface area contributed by atoms with Crippen LogP contribution in [-0.2, 0) is 13.6 Å². The molecular formula is C21H22BrF3N6O. The Morgan fingerprint density at radius 3 is 2.56 bits per heavy atom. The van der Waals surface area contributed by atoms with Crippen molar-refractivity contribution in [2.45, 2.75) is 45.1 Å². The van der Waals surface area contributed by atoms with Gasteiger partial charge in [-0.05, 0) is 31.5 Å². The smallest absolute Gasteiger partial charge is 0.363 e. The standard InChI is InChI=1S/C21H22BrF3N6O/c1-11-15(12(2)30(3)29-11)9-26-20(32)16-10-27-31-18(21(23,24)25)8-17(28-19(16)31)13-4-6-14(22)7-5-13/h4-7,10,17-18,28H,8-9H2,1-3H3,(H,26,32)/t17-,18+/m0/s1. The van der Waals surface area contributed by atoms with Crippen molar-refractivity contribution in [2.75, 3.05) is 5.32 Å². The fourth-order valence-electron chi connectivity index (χ4n) is 3.98. The molecule has 0 saturated carbocycles. The number of aromatic nitrogens is 4. The average molecular weight is 511 g/mol. The number of aryl methyl sites for hydroxylation is 2. The van der Waals surface area contributed by atoms with E-state index in [0.717, 1.165) is 26.1 Å². The van der Waals surface area contributed by atoms with E-state index in [1.165, 1.54) is 6.20 Å². The second-order valence-electron chi connectivity index (χ2n) is 7.85. The van der Waals surface area contributed by atoms with Crippen LogP contribution in [0.2, 0.25) is 0 Å². The number of halogens is 4. The van der Waals surface area contributed by atoms with Crippen molar-refractivity contribution in [1.29, 1.82) is 0 Å². The average Bonchev–Trinajstić information content (AvgIpc) is 3.26. The lowest BCUT2D eigenvalue weighted by molar-refractivity contribution is -0.173. The van der Waals surface area contributed by atoms with Crippen LogP contribution in [0.25, 0.3) is 0 Å². The molecule has 1 aliphatic rings. The monoisotopic (exact) mass is 510 g/mol. The van der Waals surface area contributed by atoms with Crippen molar-refractivity contribution in [3.63, 3.8) is 0 Å². The Morgan fingerprint density at radius 2 is 1.97 bits per heavy atom. The molecule has 2 aromatic heterocycles. The molecule has 0 aliphatic carbocycles. The molecule has 3 aromatic rings. The number of fused-ring (bicyclic) bond motifs is 1. The summed E-state index contributed by atoms with van der Waals surface area (Å²) in [4.78, 5) is 12.9. The maximum Gasteiger partial charge on any atom is 0.410 e. The first-order valence-corrected chi connectivity index (χ1v) is 10.8. The lowest BCUT2D eigenvalue weighted by Gasteiger charge is -2.34. The molecule has 0 unspecified atom stereocenters. The molecule has 4 rings (SSSR count). The highest BCUT2D eigenvalue weighted by Crippen LogP contribution is 2.44. The van der Waals surface area contributed by atoms with E-state index < -0.39 is 24.2 Å². The van der Waals surface area contributed by atoms with E-state index in [4.69, 9.17) is 0 Å². The van der Waals surface area contributed by atoms with Gasteiger partial charge in [0.15, 0.2) is 6.04 Å². The number of carbonyl (C=O) groups excluding carboxylic acids is 1. The van der Waals surface area contributed by atoms with E-state index in [1.54, 1.807) is 28.9 Å². The molecule has 0 saturated heterocycles. The number of amides is 1. The Hall–Kier alpha value is -2.82. The topological polar surface area (TPSA) is 76.8 Å². The molecular weight excluding hydrogens is 489 g/mol. The summed E-state index contributed by atoms with van der Waals surface area (Å²) in [6.07, 6.45) is -3.55. The van der Waals surface area contributed by atoms with E-state index >= 15 is 0 Å². The van der Waals surface area contributed by atoms with Crippen LogP contribution in [0, 0.1) is 13.8 Å². The van der Waals surface area contributed by atoms with Crippen LogP contribution in [0.1, 0.15) is 51.4 Å². The Balaban J connectivity index is 1.63. The second-order valence-corrected chi connectivity index (χ2v) is 8.76. The van der Waals surface area contributed by atoms with Gasteiger partial charge in [-0.25, -0.2) is 4.68 Å². The molecule has 0 bridgehead atoms. The van der Waals surface area contributed by atoms with E-state index in [-0.39, 0.29) is 24.3 Å². The van der Waals surface area contributed by atoms with E-state index in [1.807, 2.05) is 20.9 Å². The lowest BCUT2D eigenvalue weighted by atomic mass is 9.96. The van der Waals surface area contributed by atoms with Crippen molar-refractivity contribution in [1.82, 2.24) is 24.9 Å². The predicted octanol–water partition coefficient (Wildman–Crippen LogP) is 4.59. The summed E-state index contributed by atoms with van der Waals surface area (Å²) in [7, 11) is 1.81. The van der Waals surface area contributed by atoms with Crippen LogP contribution in [0.15, 0.2) is 34.9 Å². The third-order valence-electron chi connectivity index (χ3n) is 5.84. The van der Waals surface area contributed by atoms with E-state index in [9.17, 15) is 18.0 Å². The maximum atomic E-state index is 13.8. The number of benzene rings is 1. The largest absolute Gasteiger partial charge is 0.410 e. The molecule has 1 aliphatic heterocycles. The Kier molecular flexibility index (Phi) is 5.78. The van der Waals surface area contributed by atoms with Gasteiger partial charge in [-0.3, -0.25) is 9.48 Å². The fourth-order valence-corrected chi connectivity index (χ4v) is 4.24. The van der Waals surface area contributed by atoms with Crippen LogP contribution in [-0.4, -0.2) is 31.6 Å². The fraction of sp³-hybridized carbons (Fsp3) is 0.381. The van der Waals surface area contributed by atoms with E-state index in [2.05, 4.69) is 36.8 Å². The molecule has 7 nitrogen and oxygen atoms in total. The highest BCUT2D eigenvalue weighted by Gasteiger charge is 2.47.